The Hall–Kier alpha value is -2.54. The highest BCUT2D eigenvalue weighted by Crippen LogP contribution is 2.37. The van der Waals surface area contributed by atoms with E-state index in [2.05, 4.69) is 0 Å². The molecule has 1 saturated heterocycles. The van der Waals surface area contributed by atoms with Crippen LogP contribution >= 0.6 is 11.6 Å². The summed E-state index contributed by atoms with van der Waals surface area (Å²) in [6.07, 6.45) is 1.26. The van der Waals surface area contributed by atoms with Gasteiger partial charge in [-0.2, -0.15) is 0 Å². The van der Waals surface area contributed by atoms with Crippen LogP contribution in [0.25, 0.3) is 6.08 Å². The molecule has 0 spiro atoms. The summed E-state index contributed by atoms with van der Waals surface area (Å²) < 4.78 is 20.1. The van der Waals surface area contributed by atoms with Crippen molar-refractivity contribution in [3.05, 3.63) is 28.3 Å². The number of hydrogen-bond acceptors (Lipinski definition) is 7. The van der Waals surface area contributed by atoms with E-state index in [0.29, 0.717) is 5.56 Å². The molecule has 1 aliphatic rings. The summed E-state index contributed by atoms with van der Waals surface area (Å²) in [5, 5.41) is 0.0780. The van der Waals surface area contributed by atoms with Gasteiger partial charge in [-0.1, -0.05) is 11.6 Å². The minimum atomic E-state index is -1.32. The molecule has 1 aromatic carbocycles. The summed E-state index contributed by atoms with van der Waals surface area (Å²) >= 11 is 6.07. The zero-order chi connectivity index (χ0) is 18.1. The first kappa shape index (κ1) is 17.8. The average Bonchev–Trinajstić information content (AvgIpc) is 2.44. The molecule has 1 heterocycles. The number of halogens is 1. The number of cyclic esters (lactones) is 2. The number of hydrogen-bond donors (Lipinski definition) is 0. The maximum absolute atomic E-state index is 12.0. The van der Waals surface area contributed by atoms with Crippen molar-refractivity contribution in [2.45, 2.75) is 26.6 Å². The minimum absolute atomic E-state index is 0.0451. The smallest absolute Gasteiger partial charge is 0.348 e. The highest BCUT2D eigenvalue weighted by atomic mass is 35.5. The third-order valence-electron chi connectivity index (χ3n) is 2.93. The molecule has 0 atom stereocenters. The molecule has 8 heteroatoms. The summed E-state index contributed by atoms with van der Waals surface area (Å²) in [4.78, 5) is 35.0. The van der Waals surface area contributed by atoms with E-state index in [4.69, 9.17) is 30.5 Å². The van der Waals surface area contributed by atoms with Crippen LogP contribution in [0.4, 0.5) is 0 Å². The first-order valence-corrected chi connectivity index (χ1v) is 7.25. The quantitative estimate of drug-likeness (QED) is 0.356. The molecule has 0 bridgehead atoms. The van der Waals surface area contributed by atoms with Crippen molar-refractivity contribution in [3.8, 4) is 11.5 Å². The fraction of sp³-hybridized carbons (Fsp3) is 0.312. The summed E-state index contributed by atoms with van der Waals surface area (Å²) in [7, 11) is 1.36. The molecular weight excluding hydrogens is 340 g/mol. The standard InChI is InChI=1S/C16H15ClO7/c1-8(18)22-13-11(17)6-9(7-12(13)21-4)5-10-14(19)23-16(2,3)24-15(10)20/h5-7H,1-4H3. The first-order valence-electron chi connectivity index (χ1n) is 6.87. The second kappa shape index (κ2) is 6.52. The number of benzene rings is 1. The Bertz CT molecular complexity index is 727. The lowest BCUT2D eigenvalue weighted by Crippen LogP contribution is -2.41. The van der Waals surface area contributed by atoms with E-state index in [0.717, 1.165) is 0 Å². The highest BCUT2D eigenvalue weighted by Gasteiger charge is 2.38. The van der Waals surface area contributed by atoms with Gasteiger partial charge in [0.05, 0.1) is 12.1 Å². The van der Waals surface area contributed by atoms with Crippen LogP contribution in [-0.4, -0.2) is 30.8 Å². The Kier molecular flexibility index (Phi) is 4.84. The van der Waals surface area contributed by atoms with Crippen LogP contribution in [-0.2, 0) is 23.9 Å². The van der Waals surface area contributed by atoms with E-state index < -0.39 is 23.7 Å². The molecular formula is C16H15ClO7. The van der Waals surface area contributed by atoms with Crippen molar-refractivity contribution in [3.63, 3.8) is 0 Å². The Labute approximate surface area is 143 Å². The average molecular weight is 355 g/mol. The fourth-order valence-corrected chi connectivity index (χ4v) is 2.27. The van der Waals surface area contributed by atoms with Gasteiger partial charge in [-0.05, 0) is 23.8 Å². The zero-order valence-corrected chi connectivity index (χ0v) is 14.2. The van der Waals surface area contributed by atoms with E-state index in [1.807, 2.05) is 0 Å². The van der Waals surface area contributed by atoms with Gasteiger partial charge >= 0.3 is 17.9 Å². The molecule has 0 N–H and O–H groups in total. The van der Waals surface area contributed by atoms with Gasteiger partial charge < -0.3 is 18.9 Å². The maximum Gasteiger partial charge on any atom is 0.348 e. The lowest BCUT2D eigenvalue weighted by Gasteiger charge is -2.29. The normalized spacial score (nSPS) is 16.1. The van der Waals surface area contributed by atoms with Gasteiger partial charge in [0.1, 0.15) is 5.57 Å². The number of carbonyl (C=O) groups is 3. The largest absolute Gasteiger partial charge is 0.493 e. The number of ether oxygens (including phenoxy) is 4. The van der Waals surface area contributed by atoms with Crippen molar-refractivity contribution in [2.75, 3.05) is 7.11 Å². The molecule has 0 radical (unpaired) electrons. The summed E-state index contributed by atoms with van der Waals surface area (Å²) in [6, 6.07) is 2.87. The molecule has 1 aromatic rings. The Morgan fingerprint density at radius 2 is 1.79 bits per heavy atom. The predicted octanol–water partition coefficient (Wildman–Crippen LogP) is 2.49. The van der Waals surface area contributed by atoms with Crippen LogP contribution in [0.5, 0.6) is 11.5 Å². The van der Waals surface area contributed by atoms with Crippen molar-refractivity contribution >= 4 is 35.6 Å². The third kappa shape index (κ3) is 3.86. The van der Waals surface area contributed by atoms with E-state index in [-0.39, 0.29) is 22.1 Å². The fourth-order valence-electron chi connectivity index (χ4n) is 2.01. The number of carbonyl (C=O) groups excluding carboxylic acids is 3. The Morgan fingerprint density at radius 1 is 1.21 bits per heavy atom. The SMILES string of the molecule is COc1cc(C=C2C(=O)OC(C)(C)OC2=O)cc(Cl)c1OC(C)=O. The summed E-state index contributed by atoms with van der Waals surface area (Å²) in [5.74, 6) is -3.29. The minimum Gasteiger partial charge on any atom is -0.493 e. The number of rotatable bonds is 3. The van der Waals surface area contributed by atoms with Crippen LogP contribution in [0.15, 0.2) is 17.7 Å². The molecule has 1 fully saturated rings. The predicted molar refractivity (Wildman–Crippen MR) is 83.6 cm³/mol. The van der Waals surface area contributed by atoms with E-state index >= 15 is 0 Å². The van der Waals surface area contributed by atoms with Crippen molar-refractivity contribution in [1.29, 1.82) is 0 Å². The number of methoxy groups -OCH3 is 1. The topological polar surface area (TPSA) is 88.1 Å². The second-order valence-electron chi connectivity index (χ2n) is 5.36. The second-order valence-corrected chi connectivity index (χ2v) is 5.77. The number of esters is 3. The molecule has 7 nitrogen and oxygen atoms in total. The lowest BCUT2D eigenvalue weighted by atomic mass is 10.1. The maximum atomic E-state index is 12.0. The van der Waals surface area contributed by atoms with Crippen molar-refractivity contribution in [2.24, 2.45) is 0 Å². The van der Waals surface area contributed by atoms with Crippen molar-refractivity contribution < 1.29 is 33.3 Å². The third-order valence-corrected chi connectivity index (χ3v) is 3.21. The Balaban J connectivity index is 2.43. The van der Waals surface area contributed by atoms with Crippen LogP contribution in [0, 0.1) is 0 Å². The van der Waals surface area contributed by atoms with E-state index in [9.17, 15) is 14.4 Å². The van der Waals surface area contributed by atoms with E-state index in [1.54, 1.807) is 0 Å². The van der Waals surface area contributed by atoms with Gasteiger partial charge in [0.2, 0.25) is 0 Å². The molecule has 2 rings (SSSR count). The van der Waals surface area contributed by atoms with Crippen LogP contribution in [0.2, 0.25) is 5.02 Å². The zero-order valence-electron chi connectivity index (χ0n) is 13.5. The lowest BCUT2D eigenvalue weighted by molar-refractivity contribution is -0.222. The van der Waals surface area contributed by atoms with Gasteiger partial charge in [0, 0.05) is 20.8 Å². The molecule has 24 heavy (non-hydrogen) atoms. The molecule has 0 aliphatic carbocycles. The first-order chi connectivity index (χ1) is 11.1. The van der Waals surface area contributed by atoms with E-state index in [1.165, 1.54) is 46.1 Å². The summed E-state index contributed by atoms with van der Waals surface area (Å²) in [5.41, 5.74) is 0.0871. The highest BCUT2D eigenvalue weighted by molar-refractivity contribution is 6.32. The van der Waals surface area contributed by atoms with Crippen LogP contribution in [0.1, 0.15) is 26.3 Å². The monoisotopic (exact) mass is 354 g/mol. The Morgan fingerprint density at radius 3 is 2.29 bits per heavy atom. The molecule has 0 aromatic heterocycles. The molecule has 128 valence electrons. The molecule has 0 saturated carbocycles. The van der Waals surface area contributed by atoms with Gasteiger partial charge in [0.25, 0.3) is 5.79 Å². The molecule has 0 amide bonds. The van der Waals surface area contributed by atoms with Gasteiger partial charge in [-0.15, -0.1) is 0 Å². The van der Waals surface area contributed by atoms with Gasteiger partial charge in [0.15, 0.2) is 11.5 Å². The molecule has 1 aliphatic heterocycles. The van der Waals surface area contributed by atoms with Crippen LogP contribution < -0.4 is 9.47 Å². The van der Waals surface area contributed by atoms with Crippen molar-refractivity contribution in [1.82, 2.24) is 0 Å². The van der Waals surface area contributed by atoms with Gasteiger partial charge in [-0.25, -0.2) is 9.59 Å². The molecule has 0 unspecified atom stereocenters. The van der Waals surface area contributed by atoms with Gasteiger partial charge in [-0.3, -0.25) is 4.79 Å². The van der Waals surface area contributed by atoms with Crippen LogP contribution in [0.3, 0.4) is 0 Å². The summed E-state index contributed by atoms with van der Waals surface area (Å²) in [6.45, 7) is 4.13.